The highest BCUT2D eigenvalue weighted by molar-refractivity contribution is 7.19. The molecule has 0 radical (unpaired) electrons. The molecular formula is C20H15N5O3S. The predicted molar refractivity (Wildman–Crippen MR) is 108 cm³/mol. The predicted octanol–water partition coefficient (Wildman–Crippen LogP) is 4.65. The van der Waals surface area contributed by atoms with Gasteiger partial charge in [-0.15, -0.1) is 11.3 Å². The number of rotatable bonds is 4. The number of fused-ring (bicyclic) bond motifs is 3. The van der Waals surface area contributed by atoms with Gasteiger partial charge >= 0.3 is 5.82 Å². The van der Waals surface area contributed by atoms with Gasteiger partial charge in [0.25, 0.3) is 0 Å². The van der Waals surface area contributed by atoms with Crippen LogP contribution >= 0.6 is 11.3 Å². The highest BCUT2D eigenvalue weighted by Crippen LogP contribution is 2.43. The summed E-state index contributed by atoms with van der Waals surface area (Å²) in [5.41, 5.74) is 2.48. The molecule has 0 unspecified atom stereocenters. The normalized spacial score (nSPS) is 12.9. The van der Waals surface area contributed by atoms with E-state index in [4.69, 9.17) is 9.72 Å². The van der Waals surface area contributed by atoms with Crippen molar-refractivity contribution in [3.63, 3.8) is 0 Å². The van der Waals surface area contributed by atoms with Crippen LogP contribution in [0.3, 0.4) is 0 Å². The fraction of sp³-hybridized carbons (Fsp3) is 0.200. The zero-order valence-electron chi connectivity index (χ0n) is 15.5. The smallest absolute Gasteiger partial charge is 0.407 e. The third-order valence-electron chi connectivity index (χ3n) is 4.81. The molecule has 29 heavy (non-hydrogen) atoms. The molecule has 0 fully saturated rings. The Labute approximate surface area is 169 Å². The van der Waals surface area contributed by atoms with E-state index in [1.165, 1.54) is 10.4 Å². The summed E-state index contributed by atoms with van der Waals surface area (Å²) >= 11 is 1.63. The Hall–Kier alpha value is -3.46. The number of nitrogens with zero attached hydrogens (tertiary/aromatic N) is 5. The van der Waals surface area contributed by atoms with E-state index in [1.54, 1.807) is 42.8 Å². The van der Waals surface area contributed by atoms with Gasteiger partial charge in [0.15, 0.2) is 5.82 Å². The second kappa shape index (κ2) is 6.85. The van der Waals surface area contributed by atoms with E-state index in [0.717, 1.165) is 35.0 Å². The van der Waals surface area contributed by atoms with Gasteiger partial charge in [-0.1, -0.05) is 0 Å². The largest absolute Gasteiger partial charge is 0.429 e. The van der Waals surface area contributed by atoms with Gasteiger partial charge in [-0.3, -0.25) is 4.98 Å². The topological polar surface area (TPSA) is 104 Å². The molecule has 1 aliphatic carbocycles. The molecule has 0 amide bonds. The second-order valence-corrected chi connectivity index (χ2v) is 7.85. The van der Waals surface area contributed by atoms with E-state index in [2.05, 4.69) is 15.0 Å². The minimum Gasteiger partial charge on any atom is -0.429 e. The van der Waals surface area contributed by atoms with Gasteiger partial charge in [-0.05, 0) is 59.0 Å². The van der Waals surface area contributed by atoms with Gasteiger partial charge in [-0.25, -0.2) is 4.98 Å². The second-order valence-electron chi connectivity index (χ2n) is 6.77. The molecular weight excluding hydrogens is 390 g/mol. The first kappa shape index (κ1) is 17.6. The molecule has 4 aromatic heterocycles. The first-order chi connectivity index (χ1) is 14.1. The minimum absolute atomic E-state index is 0.0654. The third-order valence-corrected chi connectivity index (χ3v) is 6.00. The van der Waals surface area contributed by atoms with Gasteiger partial charge in [0.1, 0.15) is 10.5 Å². The Morgan fingerprint density at radius 3 is 2.86 bits per heavy atom. The van der Waals surface area contributed by atoms with Crippen molar-refractivity contribution in [1.29, 1.82) is 0 Å². The van der Waals surface area contributed by atoms with E-state index in [1.807, 2.05) is 12.1 Å². The van der Waals surface area contributed by atoms with E-state index in [-0.39, 0.29) is 11.6 Å². The Morgan fingerprint density at radius 1 is 1.17 bits per heavy atom. The zero-order valence-corrected chi connectivity index (χ0v) is 16.3. The van der Waals surface area contributed by atoms with Gasteiger partial charge in [0.05, 0.1) is 5.39 Å². The van der Waals surface area contributed by atoms with Crippen molar-refractivity contribution in [3.8, 4) is 23.0 Å². The lowest BCUT2D eigenvalue weighted by molar-refractivity contribution is -0.390. The Morgan fingerprint density at radius 2 is 2.07 bits per heavy atom. The monoisotopic (exact) mass is 405 g/mol. The highest BCUT2D eigenvalue weighted by atomic mass is 32.1. The first-order valence-electron chi connectivity index (χ1n) is 9.13. The van der Waals surface area contributed by atoms with Crippen LogP contribution in [0.5, 0.6) is 11.6 Å². The van der Waals surface area contributed by atoms with Crippen molar-refractivity contribution in [2.75, 3.05) is 0 Å². The van der Waals surface area contributed by atoms with Crippen molar-refractivity contribution in [2.45, 2.75) is 26.2 Å². The summed E-state index contributed by atoms with van der Waals surface area (Å²) in [7, 11) is 0. The minimum atomic E-state index is -0.541. The van der Waals surface area contributed by atoms with Crippen LogP contribution in [0.4, 0.5) is 5.82 Å². The summed E-state index contributed by atoms with van der Waals surface area (Å²) in [4.78, 5) is 30.5. The molecule has 1 aliphatic rings. The molecule has 4 heterocycles. The van der Waals surface area contributed by atoms with Crippen LogP contribution in [0.15, 0.2) is 36.7 Å². The van der Waals surface area contributed by atoms with Crippen LogP contribution in [0, 0.1) is 17.0 Å². The lowest BCUT2D eigenvalue weighted by Gasteiger charge is -2.09. The Balaban J connectivity index is 1.71. The lowest BCUT2D eigenvalue weighted by Crippen LogP contribution is -2.00. The van der Waals surface area contributed by atoms with Gasteiger partial charge in [-0.2, -0.15) is 4.98 Å². The summed E-state index contributed by atoms with van der Waals surface area (Å²) in [6.45, 7) is 1.70. The maximum Gasteiger partial charge on any atom is 0.407 e. The quantitative estimate of drug-likeness (QED) is 0.360. The number of thiophene rings is 1. The van der Waals surface area contributed by atoms with Gasteiger partial charge < -0.3 is 14.9 Å². The number of pyridine rings is 2. The summed E-state index contributed by atoms with van der Waals surface area (Å²) in [5.74, 6) is 0.535. The molecule has 0 saturated heterocycles. The molecule has 0 saturated carbocycles. The van der Waals surface area contributed by atoms with E-state index in [9.17, 15) is 10.1 Å². The van der Waals surface area contributed by atoms with Crippen LogP contribution < -0.4 is 4.74 Å². The summed E-state index contributed by atoms with van der Waals surface area (Å²) in [6.07, 6.45) is 6.37. The van der Waals surface area contributed by atoms with Crippen LogP contribution in [0.2, 0.25) is 0 Å². The molecule has 9 heteroatoms. The average molecular weight is 405 g/mol. The molecule has 144 valence electrons. The number of hydrogen-bond acceptors (Lipinski definition) is 8. The maximum absolute atomic E-state index is 11.5. The number of ether oxygens (including phenoxy) is 1. The molecule has 8 nitrogen and oxygen atoms in total. The lowest BCUT2D eigenvalue weighted by atomic mass is 10.2. The molecule has 0 N–H and O–H groups in total. The summed E-state index contributed by atoms with van der Waals surface area (Å²) < 4.78 is 6.02. The molecule has 0 atom stereocenters. The number of aryl methyl sites for hydroxylation is 3. The number of hydrogen-bond donors (Lipinski definition) is 0. The maximum atomic E-state index is 11.5. The van der Waals surface area contributed by atoms with Gasteiger partial charge in [0.2, 0.25) is 11.6 Å². The zero-order chi connectivity index (χ0) is 20.0. The van der Waals surface area contributed by atoms with E-state index < -0.39 is 4.92 Å². The summed E-state index contributed by atoms with van der Waals surface area (Å²) in [5, 5.41) is 12.3. The number of nitro groups is 1. The van der Waals surface area contributed by atoms with E-state index in [0.29, 0.717) is 17.4 Å². The van der Waals surface area contributed by atoms with Crippen molar-refractivity contribution in [2.24, 2.45) is 0 Å². The van der Waals surface area contributed by atoms with Crippen molar-refractivity contribution in [3.05, 3.63) is 62.9 Å². The van der Waals surface area contributed by atoms with E-state index >= 15 is 0 Å². The molecule has 0 bridgehead atoms. The fourth-order valence-corrected chi connectivity index (χ4v) is 4.76. The van der Waals surface area contributed by atoms with Crippen LogP contribution in [0.1, 0.15) is 22.6 Å². The van der Waals surface area contributed by atoms with Crippen LogP contribution in [-0.4, -0.2) is 24.9 Å². The van der Waals surface area contributed by atoms with Crippen molar-refractivity contribution in [1.82, 2.24) is 19.9 Å². The molecule has 5 rings (SSSR count). The van der Waals surface area contributed by atoms with Crippen molar-refractivity contribution < 1.29 is 9.66 Å². The first-order valence-corrected chi connectivity index (χ1v) is 9.94. The van der Waals surface area contributed by atoms with Crippen LogP contribution in [0.25, 0.3) is 21.6 Å². The standard InChI is InChI=1S/C20H15N5O3S/c1-11-7-8-14(18(22-11)25(26)27)28-19-16-13-5-2-6-15(13)29-20(16)24-17(23-19)12-4-3-9-21-10-12/h3-4,7-10H,2,5-6H2,1H3. The molecule has 4 aromatic rings. The van der Waals surface area contributed by atoms with Crippen LogP contribution in [-0.2, 0) is 12.8 Å². The number of aromatic nitrogens is 4. The fourth-order valence-electron chi connectivity index (χ4n) is 3.51. The molecule has 0 aromatic carbocycles. The third kappa shape index (κ3) is 3.09. The highest BCUT2D eigenvalue weighted by Gasteiger charge is 2.26. The SMILES string of the molecule is Cc1ccc(Oc2nc(-c3cccnc3)nc3sc4c(c23)CCC4)c([N+](=O)[O-])n1. The Bertz CT molecular complexity index is 1260. The molecule has 0 aliphatic heterocycles. The van der Waals surface area contributed by atoms with Gasteiger partial charge in [0, 0.05) is 29.8 Å². The average Bonchev–Trinajstić information content (AvgIpc) is 3.30. The Kier molecular flexibility index (Phi) is 4.17. The summed E-state index contributed by atoms with van der Waals surface area (Å²) in [6, 6.07) is 6.92. The molecule has 0 spiro atoms. The van der Waals surface area contributed by atoms with Crippen molar-refractivity contribution >= 4 is 27.4 Å².